The molecule has 0 aliphatic rings. The SMILES string of the molecule is CCC(Oc1c(CO)cc(Cl)cc1OC)C(=O)O. The molecule has 1 rings (SSSR count). The van der Waals surface area contributed by atoms with Crippen LogP contribution in [0.5, 0.6) is 11.5 Å². The molecule has 0 aliphatic heterocycles. The van der Waals surface area contributed by atoms with Crippen LogP contribution < -0.4 is 9.47 Å². The second-order valence-electron chi connectivity index (χ2n) is 3.61. The molecule has 6 heteroatoms. The largest absolute Gasteiger partial charge is 0.493 e. The molecule has 5 nitrogen and oxygen atoms in total. The van der Waals surface area contributed by atoms with Crippen LogP contribution in [0.1, 0.15) is 18.9 Å². The highest BCUT2D eigenvalue weighted by molar-refractivity contribution is 6.30. The van der Waals surface area contributed by atoms with Crippen molar-refractivity contribution in [2.24, 2.45) is 0 Å². The third-order valence-electron chi connectivity index (χ3n) is 2.39. The summed E-state index contributed by atoms with van der Waals surface area (Å²) in [7, 11) is 1.42. The van der Waals surface area contributed by atoms with Crippen molar-refractivity contribution in [3.63, 3.8) is 0 Å². The Morgan fingerprint density at radius 3 is 2.61 bits per heavy atom. The zero-order chi connectivity index (χ0) is 13.7. The van der Waals surface area contributed by atoms with Crippen LogP contribution in [0.2, 0.25) is 5.02 Å². The third-order valence-corrected chi connectivity index (χ3v) is 2.61. The van der Waals surface area contributed by atoms with Gasteiger partial charge < -0.3 is 19.7 Å². The molecule has 1 aromatic rings. The first-order chi connectivity index (χ1) is 8.53. The Labute approximate surface area is 110 Å². The highest BCUT2D eigenvalue weighted by atomic mass is 35.5. The summed E-state index contributed by atoms with van der Waals surface area (Å²) in [6.45, 7) is 1.38. The minimum atomic E-state index is -1.07. The van der Waals surface area contributed by atoms with Gasteiger partial charge in [0, 0.05) is 16.7 Å². The number of carboxylic acids is 1. The van der Waals surface area contributed by atoms with E-state index >= 15 is 0 Å². The second-order valence-corrected chi connectivity index (χ2v) is 4.04. The van der Waals surface area contributed by atoms with Gasteiger partial charge in [0.2, 0.25) is 0 Å². The molecule has 0 saturated carbocycles. The van der Waals surface area contributed by atoms with Gasteiger partial charge in [0.15, 0.2) is 17.6 Å². The zero-order valence-electron chi connectivity index (χ0n) is 10.1. The number of hydrogen-bond donors (Lipinski definition) is 2. The predicted molar refractivity (Wildman–Crippen MR) is 66.3 cm³/mol. The molecule has 2 N–H and O–H groups in total. The number of halogens is 1. The van der Waals surface area contributed by atoms with Crippen LogP contribution in [0, 0.1) is 0 Å². The highest BCUT2D eigenvalue weighted by Gasteiger charge is 2.21. The van der Waals surface area contributed by atoms with Crippen molar-refractivity contribution in [3.8, 4) is 11.5 Å². The average molecular weight is 275 g/mol. The fraction of sp³-hybridized carbons (Fsp3) is 0.417. The number of carboxylic acid groups (broad SMARTS) is 1. The van der Waals surface area contributed by atoms with Gasteiger partial charge in [-0.05, 0) is 12.5 Å². The molecule has 100 valence electrons. The summed E-state index contributed by atoms with van der Waals surface area (Å²) in [4.78, 5) is 10.9. The topological polar surface area (TPSA) is 76.0 Å². The Hall–Kier alpha value is -1.46. The highest BCUT2D eigenvalue weighted by Crippen LogP contribution is 2.35. The summed E-state index contributed by atoms with van der Waals surface area (Å²) in [5.74, 6) is -0.566. The van der Waals surface area contributed by atoms with Crippen LogP contribution >= 0.6 is 11.6 Å². The van der Waals surface area contributed by atoms with E-state index in [1.54, 1.807) is 6.92 Å². The van der Waals surface area contributed by atoms with E-state index in [0.717, 1.165) is 0 Å². The molecular formula is C12H15ClO5. The monoisotopic (exact) mass is 274 g/mol. The lowest BCUT2D eigenvalue weighted by atomic mass is 10.2. The van der Waals surface area contributed by atoms with E-state index in [2.05, 4.69) is 0 Å². The van der Waals surface area contributed by atoms with E-state index < -0.39 is 12.1 Å². The summed E-state index contributed by atoms with van der Waals surface area (Å²) in [6.07, 6.45) is -0.697. The fourth-order valence-electron chi connectivity index (χ4n) is 1.48. The summed E-state index contributed by atoms with van der Waals surface area (Å²) >= 11 is 5.85. The van der Waals surface area contributed by atoms with Crippen molar-refractivity contribution in [1.82, 2.24) is 0 Å². The van der Waals surface area contributed by atoms with Crippen molar-refractivity contribution >= 4 is 17.6 Å². The number of benzene rings is 1. The molecule has 0 heterocycles. The normalized spacial score (nSPS) is 12.0. The number of carbonyl (C=O) groups is 1. The molecule has 0 aliphatic carbocycles. The predicted octanol–water partition coefficient (Wildman–Crippen LogP) is 2.08. The van der Waals surface area contributed by atoms with Crippen LogP contribution in [-0.4, -0.2) is 29.4 Å². The quantitative estimate of drug-likeness (QED) is 0.831. The van der Waals surface area contributed by atoms with E-state index in [9.17, 15) is 9.90 Å². The molecule has 1 atom stereocenters. The minimum absolute atomic E-state index is 0.207. The lowest BCUT2D eigenvalue weighted by Crippen LogP contribution is -2.26. The Kier molecular flexibility index (Phi) is 5.25. The van der Waals surface area contributed by atoms with Gasteiger partial charge in [0.25, 0.3) is 0 Å². The van der Waals surface area contributed by atoms with Gasteiger partial charge in [-0.15, -0.1) is 0 Å². The Balaban J connectivity index is 3.16. The van der Waals surface area contributed by atoms with Crippen molar-refractivity contribution in [2.75, 3.05) is 7.11 Å². The first kappa shape index (κ1) is 14.6. The molecule has 0 radical (unpaired) electrons. The van der Waals surface area contributed by atoms with Crippen molar-refractivity contribution < 1.29 is 24.5 Å². The zero-order valence-corrected chi connectivity index (χ0v) is 10.9. The molecule has 0 fully saturated rings. The van der Waals surface area contributed by atoms with Crippen molar-refractivity contribution in [2.45, 2.75) is 26.1 Å². The molecule has 1 unspecified atom stereocenters. The van der Waals surface area contributed by atoms with Crippen molar-refractivity contribution in [1.29, 1.82) is 0 Å². The molecule has 0 saturated heterocycles. The standard InChI is InChI=1S/C12H15ClO5/c1-3-9(12(15)16)18-11-7(6-14)4-8(13)5-10(11)17-2/h4-5,9,14H,3,6H2,1-2H3,(H,15,16). The maximum Gasteiger partial charge on any atom is 0.344 e. The Bertz CT molecular complexity index is 407. The Morgan fingerprint density at radius 2 is 2.17 bits per heavy atom. The number of aliphatic hydroxyl groups excluding tert-OH is 1. The van der Waals surface area contributed by atoms with E-state index in [1.165, 1.54) is 19.2 Å². The maximum absolute atomic E-state index is 10.9. The summed E-state index contributed by atoms with van der Waals surface area (Å²) in [5, 5.41) is 18.6. The molecule has 0 spiro atoms. The van der Waals surface area contributed by atoms with Crippen LogP contribution in [0.3, 0.4) is 0 Å². The number of aliphatic hydroxyl groups is 1. The lowest BCUT2D eigenvalue weighted by Gasteiger charge is -2.18. The van der Waals surface area contributed by atoms with Crippen LogP contribution in [0.25, 0.3) is 0 Å². The van der Waals surface area contributed by atoms with Crippen LogP contribution in [0.4, 0.5) is 0 Å². The molecule has 1 aromatic carbocycles. The average Bonchev–Trinajstić information content (AvgIpc) is 2.35. The number of methoxy groups -OCH3 is 1. The maximum atomic E-state index is 10.9. The minimum Gasteiger partial charge on any atom is -0.493 e. The first-order valence-electron chi connectivity index (χ1n) is 5.40. The second kappa shape index (κ2) is 6.47. The van der Waals surface area contributed by atoms with Gasteiger partial charge in [-0.3, -0.25) is 0 Å². The third kappa shape index (κ3) is 3.27. The smallest absolute Gasteiger partial charge is 0.344 e. The van der Waals surface area contributed by atoms with Crippen molar-refractivity contribution in [3.05, 3.63) is 22.7 Å². The van der Waals surface area contributed by atoms with Gasteiger partial charge >= 0.3 is 5.97 Å². The Morgan fingerprint density at radius 1 is 1.50 bits per heavy atom. The molecule has 0 amide bonds. The van der Waals surface area contributed by atoms with Crippen LogP contribution in [0.15, 0.2) is 12.1 Å². The van der Waals surface area contributed by atoms with E-state index in [4.69, 9.17) is 26.2 Å². The van der Waals surface area contributed by atoms with E-state index in [-0.39, 0.29) is 12.4 Å². The van der Waals surface area contributed by atoms with Gasteiger partial charge in [0.05, 0.1) is 13.7 Å². The van der Waals surface area contributed by atoms with Gasteiger partial charge in [0.1, 0.15) is 0 Å². The number of rotatable bonds is 6. The number of hydrogen-bond acceptors (Lipinski definition) is 4. The molecular weight excluding hydrogens is 260 g/mol. The van der Waals surface area contributed by atoms with E-state index in [0.29, 0.717) is 22.8 Å². The van der Waals surface area contributed by atoms with Gasteiger partial charge in [-0.1, -0.05) is 18.5 Å². The summed E-state index contributed by atoms with van der Waals surface area (Å²) < 4.78 is 10.5. The molecule has 0 aromatic heterocycles. The number of aliphatic carboxylic acids is 1. The van der Waals surface area contributed by atoms with Crippen LogP contribution in [-0.2, 0) is 11.4 Å². The van der Waals surface area contributed by atoms with E-state index in [1.807, 2.05) is 0 Å². The first-order valence-corrected chi connectivity index (χ1v) is 5.78. The lowest BCUT2D eigenvalue weighted by molar-refractivity contribution is -0.145. The number of ether oxygens (including phenoxy) is 2. The summed E-state index contributed by atoms with van der Waals surface area (Å²) in [5.41, 5.74) is 0.388. The fourth-order valence-corrected chi connectivity index (χ4v) is 1.71. The van der Waals surface area contributed by atoms with Gasteiger partial charge in [-0.2, -0.15) is 0 Å². The summed E-state index contributed by atoms with van der Waals surface area (Å²) in [6, 6.07) is 3.01. The molecule has 18 heavy (non-hydrogen) atoms. The van der Waals surface area contributed by atoms with Gasteiger partial charge in [-0.25, -0.2) is 4.79 Å². The molecule has 0 bridgehead atoms.